The molecule has 6 heteroatoms. The lowest BCUT2D eigenvalue weighted by molar-refractivity contribution is -0.122. The molecule has 144 valence electrons. The van der Waals surface area contributed by atoms with Gasteiger partial charge in [0.05, 0.1) is 0 Å². The van der Waals surface area contributed by atoms with Crippen LogP contribution in [0, 0.1) is 6.92 Å². The molecule has 1 fully saturated rings. The maximum absolute atomic E-state index is 12.0. The normalized spacial score (nSPS) is 22.8. The van der Waals surface area contributed by atoms with E-state index in [1.165, 1.54) is 11.1 Å². The van der Waals surface area contributed by atoms with Crippen molar-refractivity contribution in [1.29, 1.82) is 0 Å². The molecule has 3 N–H and O–H groups in total. The number of benzene rings is 1. The Balaban J connectivity index is 1.87. The molecular weight excluding hydrogens is 330 g/mol. The van der Waals surface area contributed by atoms with Gasteiger partial charge in [-0.1, -0.05) is 29.8 Å². The number of rotatable bonds is 7. The Morgan fingerprint density at radius 3 is 2.35 bits per heavy atom. The second-order valence-corrected chi connectivity index (χ2v) is 7.60. The third-order valence-corrected chi connectivity index (χ3v) is 5.51. The average Bonchev–Trinajstić information content (AvgIpc) is 2.58. The van der Waals surface area contributed by atoms with E-state index in [1.54, 1.807) is 0 Å². The van der Waals surface area contributed by atoms with Gasteiger partial charge in [0, 0.05) is 24.5 Å². The lowest BCUT2D eigenvalue weighted by atomic mass is 9.74. The van der Waals surface area contributed by atoms with Gasteiger partial charge in [-0.15, -0.1) is 0 Å². The van der Waals surface area contributed by atoms with Gasteiger partial charge in [-0.2, -0.15) is 0 Å². The number of amides is 2. The van der Waals surface area contributed by atoms with Crippen molar-refractivity contribution in [2.24, 2.45) is 0 Å². The van der Waals surface area contributed by atoms with Crippen LogP contribution in [0.3, 0.4) is 0 Å². The molecule has 0 heterocycles. The molecule has 0 spiro atoms. The van der Waals surface area contributed by atoms with Gasteiger partial charge in [-0.25, -0.2) is 4.79 Å². The van der Waals surface area contributed by atoms with Crippen LogP contribution in [0.1, 0.15) is 43.2 Å². The van der Waals surface area contributed by atoms with E-state index in [2.05, 4.69) is 60.8 Å². The molecule has 1 aromatic rings. The highest BCUT2D eigenvalue weighted by Crippen LogP contribution is 2.35. The summed E-state index contributed by atoms with van der Waals surface area (Å²) in [6.07, 6.45) is 4.07. The van der Waals surface area contributed by atoms with Crippen molar-refractivity contribution in [1.82, 2.24) is 15.5 Å². The van der Waals surface area contributed by atoms with Gasteiger partial charge in [0.1, 0.15) is 0 Å². The zero-order valence-corrected chi connectivity index (χ0v) is 16.0. The quantitative estimate of drug-likeness (QED) is 0.697. The van der Waals surface area contributed by atoms with Gasteiger partial charge in [0.15, 0.2) is 0 Å². The van der Waals surface area contributed by atoms with Crippen LogP contribution >= 0.6 is 0 Å². The Labute approximate surface area is 156 Å². The molecule has 1 aliphatic rings. The maximum atomic E-state index is 12.0. The molecule has 0 aliphatic heterocycles. The van der Waals surface area contributed by atoms with Crippen molar-refractivity contribution in [2.75, 3.05) is 20.6 Å². The summed E-state index contributed by atoms with van der Waals surface area (Å²) >= 11 is 0. The van der Waals surface area contributed by atoms with E-state index in [4.69, 9.17) is 5.11 Å². The number of nitrogens with one attached hydrogen (secondary N) is 2. The Morgan fingerprint density at radius 2 is 1.81 bits per heavy atom. The Hall–Kier alpha value is -2.08. The number of carbonyl (C=O) groups excluding carboxylic acids is 1. The van der Waals surface area contributed by atoms with E-state index in [-0.39, 0.29) is 30.5 Å². The van der Waals surface area contributed by atoms with E-state index in [1.807, 2.05) is 0 Å². The van der Waals surface area contributed by atoms with Crippen LogP contribution in [0.25, 0.3) is 0 Å². The van der Waals surface area contributed by atoms with Crippen molar-refractivity contribution in [3.63, 3.8) is 0 Å². The van der Waals surface area contributed by atoms with E-state index in [9.17, 15) is 9.59 Å². The summed E-state index contributed by atoms with van der Waals surface area (Å²) in [4.78, 5) is 24.7. The highest BCUT2D eigenvalue weighted by atomic mass is 16.4. The van der Waals surface area contributed by atoms with Crippen LogP contribution in [0.5, 0.6) is 0 Å². The zero-order valence-electron chi connectivity index (χ0n) is 16.0. The lowest BCUT2D eigenvalue weighted by Crippen LogP contribution is -2.52. The van der Waals surface area contributed by atoms with Crippen LogP contribution in [0.2, 0.25) is 0 Å². The first kappa shape index (κ1) is 20.2. The van der Waals surface area contributed by atoms with Crippen LogP contribution in [0.4, 0.5) is 4.79 Å². The molecule has 0 atom stereocenters. The monoisotopic (exact) mass is 361 g/mol. The second-order valence-electron chi connectivity index (χ2n) is 7.60. The average molecular weight is 361 g/mol. The van der Waals surface area contributed by atoms with Crippen LogP contribution in [-0.4, -0.2) is 54.2 Å². The molecular formula is C20H31N3O3. The molecule has 0 radical (unpaired) electrons. The zero-order chi connectivity index (χ0) is 19.2. The van der Waals surface area contributed by atoms with Crippen LogP contribution < -0.4 is 10.6 Å². The Bertz CT molecular complexity index is 605. The fourth-order valence-electron chi connectivity index (χ4n) is 3.75. The largest absolute Gasteiger partial charge is 0.465 e. The number of carboxylic acid groups (broad SMARTS) is 1. The molecule has 6 nitrogen and oxygen atoms in total. The summed E-state index contributed by atoms with van der Waals surface area (Å²) in [5, 5.41) is 13.8. The highest BCUT2D eigenvalue weighted by molar-refractivity contribution is 5.77. The van der Waals surface area contributed by atoms with Crippen molar-refractivity contribution < 1.29 is 14.7 Å². The summed E-state index contributed by atoms with van der Waals surface area (Å²) in [5.41, 5.74) is 2.75. The van der Waals surface area contributed by atoms with Crippen molar-refractivity contribution in [3.8, 4) is 0 Å². The number of likely N-dealkylation sites (N-methyl/N-ethyl adjacent to an activating group) is 1. The number of nitrogens with zero attached hydrogens (tertiary/aromatic N) is 1. The third-order valence-electron chi connectivity index (χ3n) is 5.51. The first-order valence-corrected chi connectivity index (χ1v) is 9.30. The minimum atomic E-state index is -1.10. The highest BCUT2D eigenvalue weighted by Gasteiger charge is 2.37. The van der Waals surface area contributed by atoms with E-state index < -0.39 is 6.09 Å². The molecule has 1 saturated carbocycles. The predicted molar refractivity (Wildman–Crippen MR) is 102 cm³/mol. The fraction of sp³-hybridized carbons (Fsp3) is 0.600. The summed E-state index contributed by atoms with van der Waals surface area (Å²) < 4.78 is 0. The smallest absolute Gasteiger partial charge is 0.404 e. The third kappa shape index (κ3) is 5.73. The molecule has 1 aromatic carbocycles. The summed E-state index contributed by atoms with van der Waals surface area (Å²) in [6, 6.07) is 8.93. The topological polar surface area (TPSA) is 81.7 Å². The van der Waals surface area contributed by atoms with E-state index in [0.717, 1.165) is 32.1 Å². The second kappa shape index (κ2) is 9.03. The van der Waals surface area contributed by atoms with Crippen molar-refractivity contribution >= 4 is 12.0 Å². The number of hydrogen-bond acceptors (Lipinski definition) is 3. The van der Waals surface area contributed by atoms with Crippen LogP contribution in [-0.2, 0) is 11.2 Å². The molecule has 1 aliphatic carbocycles. The molecule has 0 saturated heterocycles. The van der Waals surface area contributed by atoms with Crippen molar-refractivity contribution in [3.05, 3.63) is 35.4 Å². The summed E-state index contributed by atoms with van der Waals surface area (Å²) in [7, 11) is 4.29. The first-order valence-electron chi connectivity index (χ1n) is 9.30. The molecule has 0 bridgehead atoms. The minimum Gasteiger partial charge on any atom is -0.465 e. The van der Waals surface area contributed by atoms with Gasteiger partial charge in [-0.3, -0.25) is 4.79 Å². The number of hydrogen-bond donors (Lipinski definition) is 3. The lowest BCUT2D eigenvalue weighted by Gasteiger charge is -2.45. The summed E-state index contributed by atoms with van der Waals surface area (Å²) in [5.74, 6) is -0.0837. The predicted octanol–water partition coefficient (Wildman–Crippen LogP) is 2.55. The van der Waals surface area contributed by atoms with Gasteiger partial charge in [0.25, 0.3) is 0 Å². The Morgan fingerprint density at radius 1 is 1.19 bits per heavy atom. The summed E-state index contributed by atoms with van der Waals surface area (Å²) in [6.45, 7) is 2.26. The molecule has 0 aromatic heterocycles. The standard InChI is InChI=1S/C20H31N3O3/c1-15-4-6-16(7-5-15)14-20(23(2)3)11-8-17(9-12-20)22-18(24)10-13-21-19(25)26/h4-7,17,21H,8-14H2,1-3H3,(H,22,24)(H,25,26). The van der Waals surface area contributed by atoms with Crippen LogP contribution in [0.15, 0.2) is 24.3 Å². The Kier molecular flexibility index (Phi) is 7.03. The molecule has 2 rings (SSSR count). The first-order chi connectivity index (χ1) is 12.3. The minimum absolute atomic E-state index is 0.0837. The maximum Gasteiger partial charge on any atom is 0.404 e. The molecule has 0 unspecified atom stereocenters. The molecule has 26 heavy (non-hydrogen) atoms. The number of carbonyl (C=O) groups is 2. The van der Waals surface area contributed by atoms with Gasteiger partial charge in [-0.05, 0) is 58.7 Å². The van der Waals surface area contributed by atoms with Gasteiger partial charge >= 0.3 is 6.09 Å². The number of aryl methyl sites for hydroxylation is 1. The molecule has 2 amide bonds. The van der Waals surface area contributed by atoms with E-state index >= 15 is 0 Å². The van der Waals surface area contributed by atoms with Gasteiger partial charge < -0.3 is 20.6 Å². The fourth-order valence-corrected chi connectivity index (χ4v) is 3.75. The van der Waals surface area contributed by atoms with E-state index in [0.29, 0.717) is 0 Å². The van der Waals surface area contributed by atoms with Gasteiger partial charge in [0.2, 0.25) is 5.91 Å². The van der Waals surface area contributed by atoms with Crippen molar-refractivity contribution in [2.45, 2.75) is 57.0 Å². The SMILES string of the molecule is Cc1ccc(CC2(N(C)C)CCC(NC(=O)CCNC(=O)O)CC2)cc1.